The van der Waals surface area contributed by atoms with E-state index in [9.17, 15) is 8.78 Å². The van der Waals surface area contributed by atoms with Gasteiger partial charge in [0.05, 0.1) is 12.7 Å². The summed E-state index contributed by atoms with van der Waals surface area (Å²) in [6, 6.07) is 6.48. The van der Waals surface area contributed by atoms with Gasteiger partial charge in [0.15, 0.2) is 6.39 Å². The highest BCUT2D eigenvalue weighted by Gasteiger charge is 2.03. The Kier molecular flexibility index (Phi) is 4.25. The van der Waals surface area contributed by atoms with E-state index < -0.39 is 6.61 Å². The van der Waals surface area contributed by atoms with E-state index in [1.807, 2.05) is 0 Å². The maximum atomic E-state index is 11.9. The second-order valence-electron chi connectivity index (χ2n) is 3.59. The number of aromatic nitrogens is 1. The molecule has 0 aliphatic carbocycles. The van der Waals surface area contributed by atoms with Crippen LogP contribution in [0, 0.1) is 0 Å². The quantitative estimate of drug-likeness (QED) is 0.860. The van der Waals surface area contributed by atoms with Crippen LogP contribution in [-0.4, -0.2) is 11.6 Å². The number of ether oxygens (including phenoxy) is 1. The Labute approximate surface area is 103 Å². The molecule has 1 heterocycles. The third-order valence-corrected chi connectivity index (χ3v) is 2.26. The van der Waals surface area contributed by atoms with E-state index in [2.05, 4.69) is 15.0 Å². The molecule has 2 rings (SSSR count). The average molecular weight is 254 g/mol. The highest BCUT2D eigenvalue weighted by Crippen LogP contribution is 2.14. The molecule has 6 heteroatoms. The largest absolute Gasteiger partial charge is 0.447 e. The van der Waals surface area contributed by atoms with Crippen LogP contribution in [0.4, 0.5) is 8.78 Å². The summed E-state index contributed by atoms with van der Waals surface area (Å²) in [7, 11) is 0. The van der Waals surface area contributed by atoms with Crippen LogP contribution in [0.5, 0.6) is 5.75 Å². The predicted octanol–water partition coefficient (Wildman–Crippen LogP) is 2.57. The second kappa shape index (κ2) is 6.11. The smallest absolute Gasteiger partial charge is 0.387 e. The van der Waals surface area contributed by atoms with E-state index in [1.54, 1.807) is 18.3 Å². The molecule has 96 valence electrons. The van der Waals surface area contributed by atoms with E-state index >= 15 is 0 Å². The molecule has 0 bridgehead atoms. The van der Waals surface area contributed by atoms with Crippen LogP contribution in [0.1, 0.15) is 11.3 Å². The number of benzene rings is 1. The molecule has 2 aromatic rings. The Morgan fingerprint density at radius 1 is 1.22 bits per heavy atom. The van der Waals surface area contributed by atoms with Crippen molar-refractivity contribution in [2.75, 3.05) is 0 Å². The number of nitrogens with one attached hydrogen (secondary N) is 1. The highest BCUT2D eigenvalue weighted by molar-refractivity contribution is 5.27. The Bertz CT molecular complexity index is 457. The van der Waals surface area contributed by atoms with Crippen LogP contribution >= 0.6 is 0 Å². The van der Waals surface area contributed by atoms with Gasteiger partial charge in [-0.25, -0.2) is 4.98 Å². The summed E-state index contributed by atoms with van der Waals surface area (Å²) >= 11 is 0. The molecule has 18 heavy (non-hydrogen) atoms. The van der Waals surface area contributed by atoms with E-state index in [-0.39, 0.29) is 5.75 Å². The van der Waals surface area contributed by atoms with Gasteiger partial charge in [-0.05, 0) is 17.7 Å². The number of oxazole rings is 1. The SMILES string of the molecule is FC(F)Oc1ccc(CNCc2cnco2)cc1. The first kappa shape index (κ1) is 12.5. The van der Waals surface area contributed by atoms with Gasteiger partial charge in [0.1, 0.15) is 11.5 Å². The molecule has 0 spiro atoms. The van der Waals surface area contributed by atoms with Crippen LogP contribution in [0.2, 0.25) is 0 Å². The molecular weight excluding hydrogens is 242 g/mol. The van der Waals surface area contributed by atoms with Gasteiger partial charge in [-0.15, -0.1) is 0 Å². The van der Waals surface area contributed by atoms with Crippen molar-refractivity contribution in [3.05, 3.63) is 48.2 Å². The fraction of sp³-hybridized carbons (Fsp3) is 0.250. The number of hydrogen-bond donors (Lipinski definition) is 1. The standard InChI is InChI=1S/C12H12F2N2O2/c13-12(14)18-10-3-1-9(2-4-10)5-15-6-11-7-16-8-17-11/h1-4,7-8,12,15H,5-6H2. The summed E-state index contributed by atoms with van der Waals surface area (Å²) in [5, 5.41) is 3.14. The monoisotopic (exact) mass is 254 g/mol. The van der Waals surface area contributed by atoms with E-state index in [0.29, 0.717) is 13.1 Å². The summed E-state index contributed by atoms with van der Waals surface area (Å²) < 4.78 is 33.2. The van der Waals surface area contributed by atoms with E-state index in [0.717, 1.165) is 11.3 Å². The molecule has 0 aliphatic rings. The van der Waals surface area contributed by atoms with Gasteiger partial charge in [-0.3, -0.25) is 0 Å². The molecule has 1 aromatic carbocycles. The number of nitrogens with zero attached hydrogens (tertiary/aromatic N) is 1. The third-order valence-electron chi connectivity index (χ3n) is 2.26. The Balaban J connectivity index is 1.79. The van der Waals surface area contributed by atoms with Crippen LogP contribution in [0.25, 0.3) is 0 Å². The fourth-order valence-corrected chi connectivity index (χ4v) is 1.45. The minimum Gasteiger partial charge on any atom is -0.447 e. The van der Waals surface area contributed by atoms with Crippen LogP contribution in [-0.2, 0) is 13.1 Å². The summed E-state index contributed by atoms with van der Waals surface area (Å²) in [5.41, 5.74) is 0.969. The van der Waals surface area contributed by atoms with Crippen molar-refractivity contribution in [1.29, 1.82) is 0 Å². The Morgan fingerprint density at radius 2 is 2.00 bits per heavy atom. The molecule has 0 atom stereocenters. The lowest BCUT2D eigenvalue weighted by Gasteiger charge is -2.06. The van der Waals surface area contributed by atoms with Crippen LogP contribution in [0.15, 0.2) is 41.3 Å². The van der Waals surface area contributed by atoms with Gasteiger partial charge in [-0.2, -0.15) is 8.78 Å². The molecule has 0 aliphatic heterocycles. The molecule has 1 N–H and O–H groups in total. The van der Waals surface area contributed by atoms with Crippen molar-refractivity contribution in [2.24, 2.45) is 0 Å². The molecule has 0 unspecified atom stereocenters. The molecule has 1 aromatic heterocycles. The van der Waals surface area contributed by atoms with Crippen molar-refractivity contribution in [3.63, 3.8) is 0 Å². The zero-order chi connectivity index (χ0) is 12.8. The normalized spacial score (nSPS) is 10.8. The topological polar surface area (TPSA) is 47.3 Å². The molecule has 0 saturated heterocycles. The van der Waals surface area contributed by atoms with Gasteiger partial charge >= 0.3 is 6.61 Å². The first-order valence-corrected chi connectivity index (χ1v) is 5.36. The van der Waals surface area contributed by atoms with Gasteiger partial charge < -0.3 is 14.5 Å². The maximum Gasteiger partial charge on any atom is 0.387 e. The predicted molar refractivity (Wildman–Crippen MR) is 60.1 cm³/mol. The van der Waals surface area contributed by atoms with Crippen LogP contribution in [0.3, 0.4) is 0 Å². The first-order valence-electron chi connectivity index (χ1n) is 5.36. The Morgan fingerprint density at radius 3 is 2.61 bits per heavy atom. The zero-order valence-electron chi connectivity index (χ0n) is 9.48. The van der Waals surface area contributed by atoms with Crippen LogP contribution < -0.4 is 10.1 Å². The third kappa shape index (κ3) is 3.81. The fourth-order valence-electron chi connectivity index (χ4n) is 1.45. The highest BCUT2D eigenvalue weighted by atomic mass is 19.3. The van der Waals surface area contributed by atoms with Gasteiger partial charge in [0.2, 0.25) is 0 Å². The number of hydrogen-bond acceptors (Lipinski definition) is 4. The van der Waals surface area contributed by atoms with Gasteiger partial charge in [-0.1, -0.05) is 12.1 Å². The second-order valence-corrected chi connectivity index (χ2v) is 3.59. The number of halogens is 2. The molecule has 4 nitrogen and oxygen atoms in total. The molecule has 0 fully saturated rings. The van der Waals surface area contributed by atoms with E-state index in [4.69, 9.17) is 4.42 Å². The lowest BCUT2D eigenvalue weighted by atomic mass is 10.2. The van der Waals surface area contributed by atoms with Crippen molar-refractivity contribution in [3.8, 4) is 5.75 Å². The molecule has 0 radical (unpaired) electrons. The Hall–Kier alpha value is -1.95. The average Bonchev–Trinajstić information content (AvgIpc) is 2.84. The molecule has 0 amide bonds. The summed E-state index contributed by atoms with van der Waals surface area (Å²) in [6.45, 7) is -1.62. The minimum absolute atomic E-state index is 0.156. The van der Waals surface area contributed by atoms with Gasteiger partial charge in [0, 0.05) is 6.54 Å². The molecular formula is C12H12F2N2O2. The maximum absolute atomic E-state index is 11.9. The summed E-state index contributed by atoms with van der Waals surface area (Å²) in [6.07, 6.45) is 3.00. The molecule has 0 saturated carbocycles. The number of alkyl halides is 2. The van der Waals surface area contributed by atoms with E-state index in [1.165, 1.54) is 18.5 Å². The van der Waals surface area contributed by atoms with Gasteiger partial charge in [0.25, 0.3) is 0 Å². The summed E-state index contributed by atoms with van der Waals surface area (Å²) in [5.74, 6) is 0.900. The first-order chi connectivity index (χ1) is 8.74. The lowest BCUT2D eigenvalue weighted by Crippen LogP contribution is -2.12. The summed E-state index contributed by atoms with van der Waals surface area (Å²) in [4.78, 5) is 3.79. The zero-order valence-corrected chi connectivity index (χ0v) is 9.48. The van der Waals surface area contributed by atoms with Crippen molar-refractivity contribution >= 4 is 0 Å². The van der Waals surface area contributed by atoms with Crippen molar-refractivity contribution in [2.45, 2.75) is 19.7 Å². The minimum atomic E-state index is -2.79. The van der Waals surface area contributed by atoms with Crippen molar-refractivity contribution < 1.29 is 17.9 Å². The number of rotatable bonds is 6. The van der Waals surface area contributed by atoms with Crippen molar-refractivity contribution in [1.82, 2.24) is 10.3 Å². The lowest BCUT2D eigenvalue weighted by molar-refractivity contribution is -0.0498.